The molecule has 0 aromatic heterocycles. The Morgan fingerprint density at radius 3 is 2.41 bits per heavy atom. The molecule has 0 bridgehead atoms. The van der Waals surface area contributed by atoms with Crippen molar-refractivity contribution in [3.8, 4) is 0 Å². The van der Waals surface area contributed by atoms with E-state index in [9.17, 15) is 13.2 Å². The molecule has 0 saturated carbocycles. The first-order chi connectivity index (χ1) is 10.1. The molecule has 5 nitrogen and oxygen atoms in total. The van der Waals surface area contributed by atoms with Crippen LogP contribution in [0, 0.1) is 0 Å². The summed E-state index contributed by atoms with van der Waals surface area (Å²) in [5.74, 6) is -0.572. The molecule has 0 aliphatic rings. The molecule has 1 unspecified atom stereocenters. The lowest BCUT2D eigenvalue weighted by Gasteiger charge is -2.15. The van der Waals surface area contributed by atoms with E-state index in [0.717, 1.165) is 0 Å². The first kappa shape index (κ1) is 19.5. The first-order valence-electron chi connectivity index (χ1n) is 6.40. The minimum absolute atomic E-state index is 0.0481. The van der Waals surface area contributed by atoms with Gasteiger partial charge in [-0.3, -0.25) is 4.79 Å². The van der Waals surface area contributed by atoms with Crippen LogP contribution in [0.4, 0.5) is 0 Å². The van der Waals surface area contributed by atoms with E-state index in [1.54, 1.807) is 25.1 Å². The van der Waals surface area contributed by atoms with Gasteiger partial charge in [-0.1, -0.05) is 53.0 Å². The Balaban J connectivity index is 2.46. The number of carbonyl (C=O) groups is 1. The van der Waals surface area contributed by atoms with Crippen LogP contribution in [0.2, 0.25) is 0 Å². The minimum Gasteiger partial charge on any atom is -0.465 e. The largest absolute Gasteiger partial charge is 0.465 e. The van der Waals surface area contributed by atoms with Gasteiger partial charge in [-0.25, -0.2) is 13.1 Å². The van der Waals surface area contributed by atoms with Crippen LogP contribution in [0.1, 0.15) is 19.8 Å². The lowest BCUT2D eigenvalue weighted by Crippen LogP contribution is -2.34. The summed E-state index contributed by atoms with van der Waals surface area (Å²) in [6.07, 6.45) is -0.0561. The zero-order valence-corrected chi connectivity index (χ0v) is 14.8. The van der Waals surface area contributed by atoms with Gasteiger partial charge in [0.1, 0.15) is 0 Å². The highest BCUT2D eigenvalue weighted by molar-refractivity contribution is 7.89. The summed E-state index contributed by atoms with van der Waals surface area (Å²) in [7, 11) is -3.67. The van der Waals surface area contributed by atoms with E-state index in [4.69, 9.17) is 39.5 Å². The van der Waals surface area contributed by atoms with Gasteiger partial charge >= 0.3 is 5.97 Å². The summed E-state index contributed by atoms with van der Waals surface area (Å²) in [6, 6.07) is 7.26. The Morgan fingerprint density at radius 2 is 1.86 bits per heavy atom. The van der Waals surface area contributed by atoms with Crippen molar-refractivity contribution in [1.29, 1.82) is 0 Å². The fourth-order valence-electron chi connectivity index (χ4n) is 1.56. The summed E-state index contributed by atoms with van der Waals surface area (Å²) in [5.41, 5.74) is 0. The molecule has 1 aromatic rings. The van der Waals surface area contributed by atoms with Crippen LogP contribution >= 0.6 is 34.8 Å². The second-order valence-corrected chi connectivity index (χ2v) is 8.86. The highest BCUT2D eigenvalue weighted by atomic mass is 35.6. The Bertz CT molecular complexity index is 587. The van der Waals surface area contributed by atoms with Crippen molar-refractivity contribution < 1.29 is 17.9 Å². The maximum absolute atomic E-state index is 12.1. The molecule has 0 fully saturated rings. The fourth-order valence-corrected chi connectivity index (χ4v) is 3.06. The maximum Gasteiger partial charge on any atom is 0.307 e. The van der Waals surface area contributed by atoms with E-state index in [0.29, 0.717) is 0 Å². The average molecular weight is 389 g/mol. The minimum atomic E-state index is -3.67. The topological polar surface area (TPSA) is 72.5 Å². The van der Waals surface area contributed by atoms with Crippen LogP contribution in [0.5, 0.6) is 0 Å². The van der Waals surface area contributed by atoms with Crippen molar-refractivity contribution in [2.24, 2.45) is 0 Å². The molecule has 124 valence electrons. The van der Waals surface area contributed by atoms with Crippen LogP contribution in [-0.2, 0) is 19.6 Å². The number of ether oxygens (including phenoxy) is 1. The van der Waals surface area contributed by atoms with Gasteiger partial charge in [0.15, 0.2) is 3.79 Å². The number of halogens is 3. The fraction of sp³-hybridized carbons (Fsp3) is 0.462. The summed E-state index contributed by atoms with van der Waals surface area (Å²) < 4.78 is 29.9. The summed E-state index contributed by atoms with van der Waals surface area (Å²) >= 11 is 16.6. The van der Waals surface area contributed by atoms with Gasteiger partial charge in [-0.15, -0.1) is 0 Å². The molecule has 0 aliphatic heterocycles. The summed E-state index contributed by atoms with van der Waals surface area (Å²) in [6.45, 7) is 1.52. The number of esters is 1. The smallest absolute Gasteiger partial charge is 0.307 e. The number of sulfonamides is 1. The van der Waals surface area contributed by atoms with Crippen molar-refractivity contribution in [3.63, 3.8) is 0 Å². The predicted octanol–water partition coefficient (Wildman–Crippen LogP) is 3.05. The number of benzene rings is 1. The van der Waals surface area contributed by atoms with Crippen LogP contribution < -0.4 is 4.72 Å². The van der Waals surface area contributed by atoms with Crippen molar-refractivity contribution in [2.75, 3.05) is 6.61 Å². The average Bonchev–Trinajstić information content (AvgIpc) is 2.37. The molecule has 0 spiro atoms. The third-order valence-electron chi connectivity index (χ3n) is 2.53. The lowest BCUT2D eigenvalue weighted by molar-refractivity contribution is -0.144. The molecule has 1 rings (SSSR count). The van der Waals surface area contributed by atoms with E-state index in [-0.39, 0.29) is 24.3 Å². The number of alkyl halides is 3. The molecule has 22 heavy (non-hydrogen) atoms. The quantitative estimate of drug-likeness (QED) is 0.575. The summed E-state index contributed by atoms with van der Waals surface area (Å²) in [5, 5.41) is 0. The van der Waals surface area contributed by atoms with Crippen LogP contribution in [-0.4, -0.2) is 30.8 Å². The van der Waals surface area contributed by atoms with Crippen molar-refractivity contribution in [1.82, 2.24) is 4.72 Å². The van der Waals surface area contributed by atoms with Gasteiger partial charge < -0.3 is 4.74 Å². The maximum atomic E-state index is 12.1. The molecule has 1 aromatic carbocycles. The molecule has 0 saturated heterocycles. The van der Waals surface area contributed by atoms with Gasteiger partial charge in [-0.05, 0) is 19.1 Å². The lowest BCUT2D eigenvalue weighted by atomic mass is 10.2. The molecule has 0 heterocycles. The number of nitrogens with one attached hydrogen (secondary N) is 1. The second-order valence-electron chi connectivity index (χ2n) is 4.63. The van der Waals surface area contributed by atoms with Crippen molar-refractivity contribution in [2.45, 2.75) is 34.5 Å². The monoisotopic (exact) mass is 387 g/mol. The number of hydrogen-bond acceptors (Lipinski definition) is 4. The van der Waals surface area contributed by atoms with Crippen molar-refractivity contribution in [3.05, 3.63) is 30.3 Å². The Labute approximate surface area is 144 Å². The van der Waals surface area contributed by atoms with Crippen LogP contribution in [0.25, 0.3) is 0 Å². The summed E-state index contributed by atoms with van der Waals surface area (Å²) in [4.78, 5) is 11.7. The molecule has 0 aliphatic carbocycles. The predicted molar refractivity (Wildman–Crippen MR) is 86.7 cm³/mol. The zero-order valence-electron chi connectivity index (χ0n) is 11.8. The van der Waals surface area contributed by atoms with E-state index < -0.39 is 25.8 Å². The zero-order chi connectivity index (χ0) is 16.8. The van der Waals surface area contributed by atoms with E-state index in [2.05, 4.69) is 4.72 Å². The van der Waals surface area contributed by atoms with Gasteiger partial charge in [0.25, 0.3) is 0 Å². The Kier molecular flexibility index (Phi) is 7.41. The van der Waals surface area contributed by atoms with Gasteiger partial charge in [0.2, 0.25) is 10.0 Å². The van der Waals surface area contributed by atoms with Gasteiger partial charge in [0.05, 0.1) is 17.9 Å². The Hall–Kier alpha value is -0.530. The molecule has 1 N–H and O–H groups in total. The van der Waals surface area contributed by atoms with E-state index >= 15 is 0 Å². The number of hydrogen-bond donors (Lipinski definition) is 1. The normalized spacial score (nSPS) is 13.6. The third kappa shape index (κ3) is 7.65. The van der Waals surface area contributed by atoms with E-state index in [1.807, 2.05) is 0 Å². The molecular formula is C13H16Cl3NO4S. The SMILES string of the molecule is CC(CC(=O)OCCC(Cl)(Cl)Cl)NS(=O)(=O)c1ccccc1. The number of carbonyl (C=O) groups excluding carboxylic acids is 1. The van der Waals surface area contributed by atoms with Gasteiger partial charge in [-0.2, -0.15) is 0 Å². The van der Waals surface area contributed by atoms with E-state index in [1.165, 1.54) is 12.1 Å². The Morgan fingerprint density at radius 1 is 1.27 bits per heavy atom. The number of rotatable bonds is 7. The highest BCUT2D eigenvalue weighted by Crippen LogP contribution is 2.29. The third-order valence-corrected chi connectivity index (χ3v) is 4.70. The highest BCUT2D eigenvalue weighted by Gasteiger charge is 2.22. The first-order valence-corrected chi connectivity index (χ1v) is 9.01. The van der Waals surface area contributed by atoms with Crippen molar-refractivity contribution >= 4 is 50.8 Å². The molecule has 0 radical (unpaired) electrons. The van der Waals surface area contributed by atoms with Crippen LogP contribution in [0.15, 0.2) is 35.2 Å². The molecular weight excluding hydrogens is 373 g/mol. The van der Waals surface area contributed by atoms with Crippen LogP contribution in [0.3, 0.4) is 0 Å². The molecule has 9 heteroatoms. The van der Waals surface area contributed by atoms with Gasteiger partial charge in [0, 0.05) is 12.5 Å². The standard InChI is InChI=1S/C13H16Cl3NO4S/c1-10(9-12(18)21-8-7-13(14,15)16)17-22(19,20)11-5-3-2-4-6-11/h2-6,10,17H,7-9H2,1H3. The second kappa shape index (κ2) is 8.36. The molecule has 1 atom stereocenters. The molecule has 0 amide bonds.